The maximum absolute atomic E-state index is 12.7. The van der Waals surface area contributed by atoms with Crippen LogP contribution in [0.3, 0.4) is 0 Å². The number of carbonyl (C=O) groups is 2. The summed E-state index contributed by atoms with van der Waals surface area (Å²) in [5.41, 5.74) is 3.78. The Morgan fingerprint density at radius 2 is 1.94 bits per heavy atom. The molecule has 1 amide bonds. The first-order valence-corrected chi connectivity index (χ1v) is 11.8. The molecule has 4 rings (SSSR count). The van der Waals surface area contributed by atoms with Crippen LogP contribution in [0, 0.1) is 6.92 Å². The molecule has 0 aliphatic rings. The van der Waals surface area contributed by atoms with Gasteiger partial charge in [-0.2, -0.15) is 0 Å². The molecule has 3 heterocycles. The lowest BCUT2D eigenvalue weighted by Crippen LogP contribution is -2.16. The number of aromatic nitrogens is 4. The number of hydrogen-bond acceptors (Lipinski definition) is 8. The predicted octanol–water partition coefficient (Wildman–Crippen LogP) is 4.43. The standard InChI is InChI=1S/C23H21N5O3S2/c1-14-7-9-15(10-8-14)16-12-32-21(19(16)22(30)31-3)25-18(29)13-33-23-27-26-20(28(23)2)17-6-4-5-11-24-17/h4-12H,13H2,1-3H3,(H,25,29). The minimum Gasteiger partial charge on any atom is -0.465 e. The highest BCUT2D eigenvalue weighted by atomic mass is 32.2. The fourth-order valence-corrected chi connectivity index (χ4v) is 4.84. The van der Waals surface area contributed by atoms with E-state index in [4.69, 9.17) is 4.74 Å². The number of benzene rings is 1. The highest BCUT2D eigenvalue weighted by molar-refractivity contribution is 7.99. The topological polar surface area (TPSA) is 99.0 Å². The summed E-state index contributed by atoms with van der Waals surface area (Å²) in [6, 6.07) is 13.4. The molecule has 0 bridgehead atoms. The summed E-state index contributed by atoms with van der Waals surface area (Å²) in [6.45, 7) is 2.00. The minimum atomic E-state index is -0.497. The maximum atomic E-state index is 12.7. The van der Waals surface area contributed by atoms with Gasteiger partial charge in [-0.1, -0.05) is 47.7 Å². The van der Waals surface area contributed by atoms with Gasteiger partial charge in [-0.3, -0.25) is 9.78 Å². The number of pyridine rings is 1. The molecule has 0 aliphatic heterocycles. The van der Waals surface area contributed by atoms with E-state index in [1.165, 1.54) is 30.2 Å². The first kappa shape index (κ1) is 22.7. The SMILES string of the molecule is COC(=O)c1c(-c2ccc(C)cc2)csc1NC(=O)CSc1nnc(-c2ccccn2)n1C. The highest BCUT2D eigenvalue weighted by Gasteiger charge is 2.23. The lowest BCUT2D eigenvalue weighted by molar-refractivity contribution is -0.113. The number of hydrogen-bond donors (Lipinski definition) is 1. The first-order chi connectivity index (χ1) is 16.0. The number of esters is 1. The van der Waals surface area contributed by atoms with Crippen LogP contribution < -0.4 is 5.32 Å². The second-order valence-electron chi connectivity index (χ2n) is 7.13. The van der Waals surface area contributed by atoms with Crippen molar-refractivity contribution in [1.82, 2.24) is 19.7 Å². The Kier molecular flexibility index (Phi) is 6.85. The molecule has 8 nitrogen and oxygen atoms in total. The molecule has 1 aromatic carbocycles. The van der Waals surface area contributed by atoms with Crippen LogP contribution in [-0.2, 0) is 16.6 Å². The molecule has 0 unspecified atom stereocenters. The van der Waals surface area contributed by atoms with E-state index in [2.05, 4.69) is 20.5 Å². The molecule has 33 heavy (non-hydrogen) atoms. The fraction of sp³-hybridized carbons (Fsp3) is 0.174. The van der Waals surface area contributed by atoms with Gasteiger partial charge in [-0.15, -0.1) is 21.5 Å². The van der Waals surface area contributed by atoms with E-state index in [1.807, 2.05) is 61.8 Å². The van der Waals surface area contributed by atoms with E-state index in [0.717, 1.165) is 16.7 Å². The molecule has 0 saturated carbocycles. The lowest BCUT2D eigenvalue weighted by atomic mass is 10.0. The lowest BCUT2D eigenvalue weighted by Gasteiger charge is -2.08. The largest absolute Gasteiger partial charge is 0.465 e. The van der Waals surface area contributed by atoms with Gasteiger partial charge < -0.3 is 14.6 Å². The average Bonchev–Trinajstić information content (AvgIpc) is 3.41. The van der Waals surface area contributed by atoms with Crippen LogP contribution >= 0.6 is 23.1 Å². The molecule has 168 valence electrons. The van der Waals surface area contributed by atoms with E-state index >= 15 is 0 Å². The third-order valence-corrected chi connectivity index (χ3v) is 6.77. The van der Waals surface area contributed by atoms with Crippen LogP contribution in [0.1, 0.15) is 15.9 Å². The summed E-state index contributed by atoms with van der Waals surface area (Å²) in [6.07, 6.45) is 1.69. The van der Waals surface area contributed by atoms with Crippen molar-refractivity contribution in [3.05, 3.63) is 65.2 Å². The molecule has 0 atom stereocenters. The summed E-state index contributed by atoms with van der Waals surface area (Å²) in [5, 5.41) is 14.1. The second kappa shape index (κ2) is 9.97. The van der Waals surface area contributed by atoms with Crippen molar-refractivity contribution in [3.8, 4) is 22.6 Å². The zero-order valence-electron chi connectivity index (χ0n) is 18.2. The monoisotopic (exact) mass is 479 g/mol. The molecule has 3 aromatic heterocycles. The number of aryl methyl sites for hydroxylation is 1. The van der Waals surface area contributed by atoms with E-state index < -0.39 is 5.97 Å². The Morgan fingerprint density at radius 1 is 1.15 bits per heavy atom. The average molecular weight is 480 g/mol. The zero-order chi connectivity index (χ0) is 23.4. The van der Waals surface area contributed by atoms with Crippen LogP contribution in [0.4, 0.5) is 5.00 Å². The van der Waals surface area contributed by atoms with Gasteiger partial charge in [0.2, 0.25) is 5.91 Å². The molecular weight excluding hydrogens is 458 g/mol. The predicted molar refractivity (Wildman–Crippen MR) is 129 cm³/mol. The van der Waals surface area contributed by atoms with Gasteiger partial charge in [-0.25, -0.2) is 4.79 Å². The van der Waals surface area contributed by atoms with Crippen molar-refractivity contribution < 1.29 is 14.3 Å². The Balaban J connectivity index is 1.48. The van der Waals surface area contributed by atoms with Crippen LogP contribution in [0.25, 0.3) is 22.6 Å². The number of amides is 1. The summed E-state index contributed by atoms with van der Waals surface area (Å²) in [4.78, 5) is 29.5. The van der Waals surface area contributed by atoms with Gasteiger partial charge in [-0.05, 0) is 24.6 Å². The number of thioether (sulfide) groups is 1. The Labute approximate surface area is 199 Å². The molecule has 1 N–H and O–H groups in total. The summed E-state index contributed by atoms with van der Waals surface area (Å²) in [5.74, 6) is -0.0348. The molecule has 0 radical (unpaired) electrons. The van der Waals surface area contributed by atoms with Gasteiger partial charge >= 0.3 is 5.97 Å². The quantitative estimate of drug-likeness (QED) is 0.309. The number of anilines is 1. The van der Waals surface area contributed by atoms with Gasteiger partial charge in [0.25, 0.3) is 0 Å². The smallest absolute Gasteiger partial charge is 0.341 e. The number of nitrogens with zero attached hydrogens (tertiary/aromatic N) is 4. The first-order valence-electron chi connectivity index (χ1n) is 9.98. The minimum absolute atomic E-state index is 0.104. The van der Waals surface area contributed by atoms with Gasteiger partial charge in [0, 0.05) is 24.2 Å². The van der Waals surface area contributed by atoms with E-state index in [-0.39, 0.29) is 11.7 Å². The molecule has 10 heteroatoms. The van der Waals surface area contributed by atoms with E-state index in [1.54, 1.807) is 10.8 Å². The van der Waals surface area contributed by atoms with Gasteiger partial charge in [0.1, 0.15) is 16.3 Å². The Bertz CT molecular complexity index is 1280. The molecular formula is C23H21N5O3S2. The second-order valence-corrected chi connectivity index (χ2v) is 8.95. The normalized spacial score (nSPS) is 10.8. The number of rotatable bonds is 7. The van der Waals surface area contributed by atoms with Crippen molar-refractivity contribution in [1.29, 1.82) is 0 Å². The number of ether oxygens (including phenoxy) is 1. The summed E-state index contributed by atoms with van der Waals surface area (Å²) >= 11 is 2.54. The van der Waals surface area contributed by atoms with Crippen molar-refractivity contribution in [2.75, 3.05) is 18.2 Å². The number of thiophene rings is 1. The molecule has 4 aromatic rings. The van der Waals surface area contributed by atoms with Crippen molar-refractivity contribution in [2.45, 2.75) is 12.1 Å². The zero-order valence-corrected chi connectivity index (χ0v) is 19.9. The number of nitrogens with one attached hydrogen (secondary N) is 1. The van der Waals surface area contributed by atoms with Crippen molar-refractivity contribution >= 4 is 40.0 Å². The Hall–Kier alpha value is -3.50. The van der Waals surface area contributed by atoms with Gasteiger partial charge in [0.15, 0.2) is 11.0 Å². The van der Waals surface area contributed by atoms with E-state index in [9.17, 15) is 9.59 Å². The van der Waals surface area contributed by atoms with Gasteiger partial charge in [0.05, 0.1) is 12.9 Å². The summed E-state index contributed by atoms with van der Waals surface area (Å²) < 4.78 is 6.77. The third kappa shape index (κ3) is 4.96. The third-order valence-electron chi connectivity index (χ3n) is 4.86. The van der Waals surface area contributed by atoms with Crippen molar-refractivity contribution in [3.63, 3.8) is 0 Å². The molecule has 0 fully saturated rings. The van der Waals surface area contributed by atoms with Crippen molar-refractivity contribution in [2.24, 2.45) is 7.05 Å². The number of methoxy groups -OCH3 is 1. The highest BCUT2D eigenvalue weighted by Crippen LogP contribution is 2.36. The molecule has 0 saturated heterocycles. The molecule has 0 spiro atoms. The Morgan fingerprint density at radius 3 is 2.64 bits per heavy atom. The van der Waals surface area contributed by atoms with Crippen LogP contribution in [0.15, 0.2) is 59.2 Å². The number of carbonyl (C=O) groups excluding carboxylic acids is 2. The van der Waals surface area contributed by atoms with E-state index in [0.29, 0.717) is 27.2 Å². The fourth-order valence-electron chi connectivity index (χ4n) is 3.15. The molecule has 0 aliphatic carbocycles. The van der Waals surface area contributed by atoms with Crippen LogP contribution in [-0.4, -0.2) is 44.5 Å². The summed E-state index contributed by atoms with van der Waals surface area (Å²) in [7, 11) is 3.15. The maximum Gasteiger partial charge on any atom is 0.341 e. The van der Waals surface area contributed by atoms with Crippen LogP contribution in [0.5, 0.6) is 0 Å². The van der Waals surface area contributed by atoms with Crippen LogP contribution in [0.2, 0.25) is 0 Å².